The molecule has 0 amide bonds. The molecule has 0 bridgehead atoms. The smallest absolute Gasteiger partial charge is 0.184 e. The molecule has 0 saturated carbocycles. The molecule has 0 fully saturated rings. The van der Waals surface area contributed by atoms with Crippen molar-refractivity contribution < 1.29 is 4.79 Å². The van der Waals surface area contributed by atoms with Crippen LogP contribution < -0.4 is 20.5 Å². The quantitative estimate of drug-likeness (QED) is 0.495. The number of carbonyl (C=O) groups is 1. The van der Waals surface area contributed by atoms with Crippen LogP contribution in [-0.4, -0.2) is 33.7 Å². The first kappa shape index (κ1) is 18.5. The number of rotatable bonds is 3. The Balaban J connectivity index is 1.96. The summed E-state index contributed by atoms with van der Waals surface area (Å²) in [6, 6.07) is 27.8. The molecule has 0 radical (unpaired) electrons. The Morgan fingerprint density at radius 1 is 0.800 bits per heavy atom. The molecular formula is C26H22N2OSi. The Hall–Kier alpha value is -3.50. The molecule has 2 aliphatic rings. The standard InChI is InChI=1S/C26H22N2OSi/c1-28(2)19-13-15-23-25(17-19)30(21-9-5-3-6-10-21,22-11-7-4-8-12-22)26-18-20(29)14-16-24(26)27-23/h3-18H,1-2H3. The maximum Gasteiger partial charge on any atom is 0.184 e. The molecule has 0 unspecified atom stereocenters. The van der Waals surface area contributed by atoms with Crippen LogP contribution in [0.2, 0.25) is 0 Å². The van der Waals surface area contributed by atoms with Gasteiger partial charge in [-0.3, -0.25) is 4.79 Å². The van der Waals surface area contributed by atoms with Gasteiger partial charge in [0.1, 0.15) is 0 Å². The van der Waals surface area contributed by atoms with Crippen LogP contribution in [-0.2, 0) is 4.79 Å². The van der Waals surface area contributed by atoms with Crippen LogP contribution in [0, 0.1) is 0 Å². The monoisotopic (exact) mass is 406 g/mol. The van der Waals surface area contributed by atoms with E-state index < -0.39 is 8.07 Å². The van der Waals surface area contributed by atoms with Gasteiger partial charge < -0.3 is 4.90 Å². The molecule has 3 nitrogen and oxygen atoms in total. The van der Waals surface area contributed by atoms with E-state index in [0.29, 0.717) is 0 Å². The SMILES string of the molecule is CN(C)c1ccc2c(c1)[Si](c1ccccc1)(c1ccccc1)C1=CC(=O)C=CC1=N2. The molecule has 0 aromatic heterocycles. The van der Waals surface area contributed by atoms with E-state index in [1.54, 1.807) is 6.08 Å². The van der Waals surface area contributed by atoms with Crippen LogP contribution in [0.3, 0.4) is 0 Å². The topological polar surface area (TPSA) is 32.7 Å². The van der Waals surface area contributed by atoms with Gasteiger partial charge in [-0.05, 0) is 57.2 Å². The number of nitrogens with zero attached hydrogens (tertiary/aromatic N) is 2. The van der Waals surface area contributed by atoms with E-state index in [2.05, 4.69) is 85.7 Å². The lowest BCUT2D eigenvalue weighted by molar-refractivity contribution is -0.110. The largest absolute Gasteiger partial charge is 0.378 e. The zero-order valence-electron chi connectivity index (χ0n) is 17.0. The van der Waals surface area contributed by atoms with Crippen molar-refractivity contribution in [3.05, 3.63) is 102 Å². The van der Waals surface area contributed by atoms with Gasteiger partial charge in [0.25, 0.3) is 0 Å². The van der Waals surface area contributed by atoms with E-state index in [-0.39, 0.29) is 5.78 Å². The fourth-order valence-electron chi connectivity index (χ4n) is 4.55. The number of ketones is 1. The summed E-state index contributed by atoms with van der Waals surface area (Å²) >= 11 is 0. The van der Waals surface area contributed by atoms with Crippen LogP contribution in [0.1, 0.15) is 0 Å². The van der Waals surface area contributed by atoms with Crippen molar-refractivity contribution in [2.45, 2.75) is 0 Å². The third-order valence-corrected chi connectivity index (χ3v) is 10.7. The van der Waals surface area contributed by atoms with Gasteiger partial charge in [-0.2, -0.15) is 0 Å². The molecule has 4 heteroatoms. The summed E-state index contributed by atoms with van der Waals surface area (Å²) in [6.45, 7) is 0. The highest BCUT2D eigenvalue weighted by atomic mass is 28.3. The number of aliphatic imine (C=N–C) groups is 1. The van der Waals surface area contributed by atoms with Crippen LogP contribution >= 0.6 is 0 Å². The minimum Gasteiger partial charge on any atom is -0.378 e. The predicted molar refractivity (Wildman–Crippen MR) is 128 cm³/mol. The van der Waals surface area contributed by atoms with E-state index in [0.717, 1.165) is 22.3 Å². The van der Waals surface area contributed by atoms with Gasteiger partial charge in [-0.1, -0.05) is 60.7 Å². The van der Waals surface area contributed by atoms with Crippen molar-refractivity contribution in [1.29, 1.82) is 0 Å². The average Bonchev–Trinajstić information content (AvgIpc) is 2.78. The first-order valence-corrected chi connectivity index (χ1v) is 12.1. The first-order chi connectivity index (χ1) is 14.6. The maximum absolute atomic E-state index is 12.6. The Kier molecular flexibility index (Phi) is 4.37. The molecular weight excluding hydrogens is 384 g/mol. The molecule has 1 aliphatic carbocycles. The van der Waals surface area contributed by atoms with Gasteiger partial charge in [-0.25, -0.2) is 4.99 Å². The average molecular weight is 407 g/mol. The zero-order chi connectivity index (χ0) is 20.7. The summed E-state index contributed by atoms with van der Waals surface area (Å²) in [6.07, 6.45) is 5.32. The van der Waals surface area contributed by atoms with E-state index >= 15 is 0 Å². The highest BCUT2D eigenvalue weighted by molar-refractivity contribution is 7.19. The zero-order valence-corrected chi connectivity index (χ0v) is 18.0. The molecule has 0 atom stereocenters. The Labute approximate surface area is 177 Å². The van der Waals surface area contributed by atoms with E-state index in [1.807, 2.05) is 24.3 Å². The predicted octanol–water partition coefficient (Wildman–Crippen LogP) is 2.91. The van der Waals surface area contributed by atoms with E-state index in [9.17, 15) is 4.79 Å². The fourth-order valence-corrected chi connectivity index (χ4v) is 9.58. The highest BCUT2D eigenvalue weighted by Gasteiger charge is 2.48. The van der Waals surface area contributed by atoms with Crippen molar-refractivity contribution in [2.24, 2.45) is 4.99 Å². The summed E-state index contributed by atoms with van der Waals surface area (Å²) in [5.74, 6) is 0.0277. The molecule has 1 aliphatic heterocycles. The highest BCUT2D eigenvalue weighted by Crippen LogP contribution is 2.32. The summed E-state index contributed by atoms with van der Waals surface area (Å²) in [4.78, 5) is 19.6. The van der Waals surface area contributed by atoms with Crippen molar-refractivity contribution in [1.82, 2.24) is 0 Å². The third kappa shape index (κ3) is 2.72. The molecule has 30 heavy (non-hydrogen) atoms. The van der Waals surface area contributed by atoms with Crippen LogP contribution in [0.15, 0.2) is 107 Å². The summed E-state index contributed by atoms with van der Waals surface area (Å²) < 4.78 is 0. The van der Waals surface area contributed by atoms with Gasteiger partial charge in [-0.15, -0.1) is 0 Å². The van der Waals surface area contributed by atoms with Gasteiger partial charge in [0, 0.05) is 19.8 Å². The molecule has 5 rings (SSSR count). The second kappa shape index (κ2) is 7.08. The van der Waals surface area contributed by atoms with Crippen molar-refractivity contribution in [3.8, 4) is 0 Å². The van der Waals surface area contributed by atoms with Crippen molar-refractivity contribution in [3.63, 3.8) is 0 Å². The van der Waals surface area contributed by atoms with Gasteiger partial charge in [0.2, 0.25) is 0 Å². The summed E-state index contributed by atoms with van der Waals surface area (Å²) in [7, 11) is 1.41. The Bertz CT molecular complexity index is 1180. The lowest BCUT2D eigenvalue weighted by Crippen LogP contribution is -2.71. The number of benzene rings is 3. The molecule has 146 valence electrons. The lowest BCUT2D eigenvalue weighted by atomic mass is 10.1. The minimum atomic E-state index is -2.71. The third-order valence-electron chi connectivity index (χ3n) is 5.93. The van der Waals surface area contributed by atoms with Gasteiger partial charge in [0.05, 0.1) is 11.4 Å². The van der Waals surface area contributed by atoms with Crippen molar-refractivity contribution in [2.75, 3.05) is 19.0 Å². The van der Waals surface area contributed by atoms with Crippen LogP contribution in [0.25, 0.3) is 0 Å². The van der Waals surface area contributed by atoms with E-state index in [1.165, 1.54) is 15.6 Å². The second-order valence-electron chi connectivity index (χ2n) is 7.87. The second-order valence-corrected chi connectivity index (χ2v) is 11.6. The number of fused-ring (bicyclic) bond motifs is 2. The first-order valence-electron chi connectivity index (χ1n) is 10.1. The summed E-state index contributed by atoms with van der Waals surface area (Å²) in [5.41, 5.74) is 3.03. The number of carbonyl (C=O) groups excluding carboxylic acids is 1. The van der Waals surface area contributed by atoms with E-state index in [4.69, 9.17) is 4.99 Å². The molecule has 3 aromatic rings. The van der Waals surface area contributed by atoms with Gasteiger partial charge in [0.15, 0.2) is 13.9 Å². The Morgan fingerprint density at radius 2 is 1.43 bits per heavy atom. The molecule has 3 aromatic carbocycles. The number of hydrogen-bond acceptors (Lipinski definition) is 3. The number of allylic oxidation sites excluding steroid dienone is 4. The number of hydrogen-bond donors (Lipinski definition) is 0. The summed E-state index contributed by atoms with van der Waals surface area (Å²) in [5, 5.41) is 4.81. The van der Waals surface area contributed by atoms with Crippen molar-refractivity contribution >= 4 is 46.5 Å². The molecule has 0 saturated heterocycles. The fraction of sp³-hybridized carbons (Fsp3) is 0.0769. The van der Waals surface area contributed by atoms with Crippen LogP contribution in [0.4, 0.5) is 11.4 Å². The lowest BCUT2D eigenvalue weighted by Gasteiger charge is -2.40. The maximum atomic E-state index is 12.6. The molecule has 1 heterocycles. The van der Waals surface area contributed by atoms with Gasteiger partial charge >= 0.3 is 0 Å². The molecule has 0 spiro atoms. The molecule has 0 N–H and O–H groups in total. The Morgan fingerprint density at radius 3 is 2.03 bits per heavy atom. The van der Waals surface area contributed by atoms with Crippen LogP contribution in [0.5, 0.6) is 0 Å². The number of anilines is 1. The normalized spacial score (nSPS) is 16.3. The minimum absolute atomic E-state index is 0.0277.